The van der Waals surface area contributed by atoms with Gasteiger partial charge >= 0.3 is 0 Å². The van der Waals surface area contributed by atoms with E-state index in [1.54, 1.807) is 30.5 Å². The molecule has 0 unspecified atom stereocenters. The number of anilines is 1. The standard InChI is InChI=1S/C18H11ClN2O/c19-15-7-5-13-10-21-18(20)16(17(13)9-15)8-6-12-3-1-2-4-14(12)11-22/h1-5,7,9-11H,(H2,20,21). The Morgan fingerprint density at radius 3 is 2.77 bits per heavy atom. The third-order valence-electron chi connectivity index (χ3n) is 3.29. The minimum atomic E-state index is 0.339. The number of nitrogen functional groups attached to an aromatic ring is 1. The van der Waals surface area contributed by atoms with Gasteiger partial charge in [0.1, 0.15) is 5.82 Å². The second-order valence-electron chi connectivity index (χ2n) is 4.71. The van der Waals surface area contributed by atoms with E-state index in [9.17, 15) is 4.79 Å². The third-order valence-corrected chi connectivity index (χ3v) is 3.53. The molecule has 106 valence electrons. The summed E-state index contributed by atoms with van der Waals surface area (Å²) >= 11 is 6.05. The van der Waals surface area contributed by atoms with Crippen molar-refractivity contribution in [2.24, 2.45) is 0 Å². The number of nitrogens with zero attached hydrogens (tertiary/aromatic N) is 1. The topological polar surface area (TPSA) is 56.0 Å². The first-order valence-electron chi connectivity index (χ1n) is 6.59. The van der Waals surface area contributed by atoms with Gasteiger partial charge in [0.25, 0.3) is 0 Å². The van der Waals surface area contributed by atoms with Gasteiger partial charge in [0.2, 0.25) is 0 Å². The molecule has 3 rings (SSSR count). The fourth-order valence-corrected chi connectivity index (χ4v) is 2.35. The quantitative estimate of drug-likeness (QED) is 0.551. The van der Waals surface area contributed by atoms with Crippen molar-refractivity contribution in [2.45, 2.75) is 0 Å². The van der Waals surface area contributed by atoms with Gasteiger partial charge in [-0.1, -0.05) is 47.7 Å². The van der Waals surface area contributed by atoms with E-state index in [-0.39, 0.29) is 0 Å². The summed E-state index contributed by atoms with van der Waals surface area (Å²) in [5, 5.41) is 2.36. The Kier molecular flexibility index (Phi) is 3.78. The van der Waals surface area contributed by atoms with Crippen LogP contribution in [-0.4, -0.2) is 11.3 Å². The molecule has 0 aliphatic rings. The SMILES string of the molecule is Nc1ncc2ccc(Cl)cc2c1C#Cc1ccccc1C=O. The highest BCUT2D eigenvalue weighted by molar-refractivity contribution is 6.31. The lowest BCUT2D eigenvalue weighted by Crippen LogP contribution is -1.96. The molecule has 0 fully saturated rings. The van der Waals surface area contributed by atoms with Crippen LogP contribution in [-0.2, 0) is 0 Å². The fraction of sp³-hybridized carbons (Fsp3) is 0. The van der Waals surface area contributed by atoms with Crippen LogP contribution in [0, 0.1) is 11.8 Å². The maximum Gasteiger partial charge on any atom is 0.151 e. The summed E-state index contributed by atoms with van der Waals surface area (Å²) in [6, 6.07) is 12.6. The smallest absolute Gasteiger partial charge is 0.151 e. The predicted molar refractivity (Wildman–Crippen MR) is 89.0 cm³/mol. The van der Waals surface area contributed by atoms with Gasteiger partial charge in [-0.25, -0.2) is 4.98 Å². The number of halogens is 1. The Morgan fingerprint density at radius 1 is 1.14 bits per heavy atom. The number of fused-ring (bicyclic) bond motifs is 1. The first-order chi connectivity index (χ1) is 10.7. The van der Waals surface area contributed by atoms with Crippen LogP contribution in [0.4, 0.5) is 5.82 Å². The summed E-state index contributed by atoms with van der Waals surface area (Å²) in [5.74, 6) is 6.35. The molecule has 3 nitrogen and oxygen atoms in total. The van der Waals surface area contributed by atoms with E-state index in [4.69, 9.17) is 17.3 Å². The van der Waals surface area contributed by atoms with Crippen molar-refractivity contribution in [3.8, 4) is 11.8 Å². The summed E-state index contributed by atoms with van der Waals surface area (Å²) in [6.07, 6.45) is 2.47. The zero-order valence-electron chi connectivity index (χ0n) is 11.5. The maximum atomic E-state index is 11.0. The molecule has 0 radical (unpaired) electrons. The molecule has 0 saturated heterocycles. The predicted octanol–water partition coefficient (Wildman–Crippen LogP) is 3.68. The van der Waals surface area contributed by atoms with Gasteiger partial charge in [0.15, 0.2) is 6.29 Å². The fourth-order valence-electron chi connectivity index (χ4n) is 2.17. The van der Waals surface area contributed by atoms with Crippen molar-refractivity contribution >= 4 is 34.5 Å². The van der Waals surface area contributed by atoms with Gasteiger partial charge in [0.05, 0.1) is 5.56 Å². The zero-order chi connectivity index (χ0) is 15.5. The van der Waals surface area contributed by atoms with Gasteiger partial charge in [-0.3, -0.25) is 4.79 Å². The lowest BCUT2D eigenvalue weighted by Gasteiger charge is -2.04. The van der Waals surface area contributed by atoms with Crippen LogP contribution in [0.15, 0.2) is 48.7 Å². The number of carbonyl (C=O) groups is 1. The Morgan fingerprint density at radius 2 is 1.95 bits per heavy atom. The number of aldehydes is 1. The highest BCUT2D eigenvalue weighted by Crippen LogP contribution is 2.24. The number of pyridine rings is 1. The van der Waals surface area contributed by atoms with Crippen LogP contribution in [0.3, 0.4) is 0 Å². The molecular weight excluding hydrogens is 296 g/mol. The van der Waals surface area contributed by atoms with Gasteiger partial charge in [0, 0.05) is 33.1 Å². The van der Waals surface area contributed by atoms with Crippen molar-refractivity contribution in [3.63, 3.8) is 0 Å². The molecule has 0 atom stereocenters. The van der Waals surface area contributed by atoms with Crippen molar-refractivity contribution in [1.82, 2.24) is 4.98 Å². The van der Waals surface area contributed by atoms with E-state index in [0.717, 1.165) is 17.1 Å². The largest absolute Gasteiger partial charge is 0.383 e. The normalized spacial score (nSPS) is 10.0. The maximum absolute atomic E-state index is 11.0. The Balaban J connectivity index is 2.20. The molecule has 3 aromatic rings. The number of benzene rings is 2. The van der Waals surface area contributed by atoms with Crippen molar-refractivity contribution in [2.75, 3.05) is 5.73 Å². The van der Waals surface area contributed by atoms with Crippen molar-refractivity contribution in [3.05, 3.63) is 70.4 Å². The molecule has 0 bridgehead atoms. The molecule has 2 aromatic carbocycles. The minimum Gasteiger partial charge on any atom is -0.383 e. The number of hydrogen-bond acceptors (Lipinski definition) is 3. The molecule has 0 saturated carbocycles. The monoisotopic (exact) mass is 306 g/mol. The molecule has 0 spiro atoms. The van der Waals surface area contributed by atoms with Crippen LogP contribution in [0.2, 0.25) is 5.02 Å². The first kappa shape index (κ1) is 14.1. The molecule has 2 N–H and O–H groups in total. The van der Waals surface area contributed by atoms with Gasteiger partial charge in [-0.15, -0.1) is 0 Å². The zero-order valence-corrected chi connectivity index (χ0v) is 12.3. The van der Waals surface area contributed by atoms with Crippen LogP contribution >= 0.6 is 11.6 Å². The van der Waals surface area contributed by atoms with Crippen LogP contribution in [0.1, 0.15) is 21.5 Å². The van der Waals surface area contributed by atoms with E-state index in [1.165, 1.54) is 0 Å². The molecule has 22 heavy (non-hydrogen) atoms. The van der Waals surface area contributed by atoms with E-state index >= 15 is 0 Å². The molecular formula is C18H11ClN2O. The lowest BCUT2D eigenvalue weighted by atomic mass is 10.1. The minimum absolute atomic E-state index is 0.339. The van der Waals surface area contributed by atoms with E-state index in [0.29, 0.717) is 27.5 Å². The molecule has 4 heteroatoms. The second kappa shape index (κ2) is 5.88. The highest BCUT2D eigenvalue weighted by atomic mass is 35.5. The van der Waals surface area contributed by atoms with Gasteiger partial charge < -0.3 is 5.73 Å². The van der Waals surface area contributed by atoms with E-state index in [2.05, 4.69) is 16.8 Å². The van der Waals surface area contributed by atoms with Gasteiger partial charge in [-0.05, 0) is 18.2 Å². The number of hydrogen-bond donors (Lipinski definition) is 1. The highest BCUT2D eigenvalue weighted by Gasteiger charge is 2.05. The van der Waals surface area contributed by atoms with E-state index in [1.807, 2.05) is 18.2 Å². The Bertz CT molecular complexity index is 933. The molecule has 0 amide bonds. The van der Waals surface area contributed by atoms with Gasteiger partial charge in [-0.2, -0.15) is 0 Å². The first-order valence-corrected chi connectivity index (χ1v) is 6.97. The summed E-state index contributed by atoms with van der Waals surface area (Å²) in [5.41, 5.74) is 7.75. The average Bonchev–Trinajstić information content (AvgIpc) is 2.54. The summed E-state index contributed by atoms with van der Waals surface area (Å²) < 4.78 is 0. The summed E-state index contributed by atoms with van der Waals surface area (Å²) in [7, 11) is 0. The average molecular weight is 307 g/mol. The summed E-state index contributed by atoms with van der Waals surface area (Å²) in [4.78, 5) is 15.2. The number of carbonyl (C=O) groups excluding carboxylic acids is 1. The van der Waals surface area contributed by atoms with Crippen molar-refractivity contribution in [1.29, 1.82) is 0 Å². The van der Waals surface area contributed by atoms with Crippen LogP contribution in [0.25, 0.3) is 10.8 Å². The Hall–Kier alpha value is -2.83. The molecule has 1 heterocycles. The molecule has 1 aromatic heterocycles. The lowest BCUT2D eigenvalue weighted by molar-refractivity contribution is 0.112. The van der Waals surface area contributed by atoms with E-state index < -0.39 is 0 Å². The van der Waals surface area contributed by atoms with Crippen LogP contribution < -0.4 is 5.73 Å². The number of nitrogens with two attached hydrogens (primary N) is 1. The molecule has 0 aliphatic carbocycles. The Labute approximate surface area is 132 Å². The summed E-state index contributed by atoms with van der Waals surface area (Å²) in [6.45, 7) is 0. The van der Waals surface area contributed by atoms with Crippen molar-refractivity contribution < 1.29 is 4.79 Å². The molecule has 0 aliphatic heterocycles. The number of aromatic nitrogens is 1. The third kappa shape index (κ3) is 2.65. The van der Waals surface area contributed by atoms with Crippen LogP contribution in [0.5, 0.6) is 0 Å². The second-order valence-corrected chi connectivity index (χ2v) is 5.14. The number of rotatable bonds is 1.